The second kappa shape index (κ2) is 8.66. The molecule has 0 aliphatic carbocycles. The molecule has 0 spiro atoms. The van der Waals surface area contributed by atoms with Crippen molar-refractivity contribution in [3.63, 3.8) is 0 Å². The van der Waals surface area contributed by atoms with Crippen molar-refractivity contribution in [2.45, 2.75) is 38.5 Å². The summed E-state index contributed by atoms with van der Waals surface area (Å²) in [6.07, 6.45) is 5.46. The van der Waals surface area contributed by atoms with Gasteiger partial charge in [0.25, 0.3) is 0 Å². The van der Waals surface area contributed by atoms with Gasteiger partial charge in [-0.25, -0.2) is 9.78 Å². The number of benzene rings is 1. The Labute approximate surface area is 153 Å². The minimum atomic E-state index is -0.249. The summed E-state index contributed by atoms with van der Waals surface area (Å²) in [4.78, 5) is 18.3. The number of nitrogens with zero attached hydrogens (tertiary/aromatic N) is 4. The molecule has 1 aliphatic heterocycles. The van der Waals surface area contributed by atoms with Crippen LogP contribution in [0.1, 0.15) is 19.8 Å². The van der Waals surface area contributed by atoms with E-state index in [2.05, 4.69) is 32.7 Å². The van der Waals surface area contributed by atoms with Gasteiger partial charge in [-0.1, -0.05) is 0 Å². The summed E-state index contributed by atoms with van der Waals surface area (Å²) in [5.74, 6) is 0.838. The summed E-state index contributed by atoms with van der Waals surface area (Å²) in [6.45, 7) is 4.62. The molecule has 2 N–H and O–H groups in total. The van der Waals surface area contributed by atoms with E-state index in [0.29, 0.717) is 6.54 Å². The Morgan fingerprint density at radius 1 is 1.31 bits per heavy atom. The van der Waals surface area contributed by atoms with E-state index in [9.17, 15) is 4.79 Å². The maximum Gasteiger partial charge on any atom is 0.319 e. The van der Waals surface area contributed by atoms with Crippen molar-refractivity contribution < 1.29 is 9.53 Å². The van der Waals surface area contributed by atoms with E-state index >= 15 is 0 Å². The Kier molecular flexibility index (Phi) is 6.06. The highest BCUT2D eigenvalue weighted by Gasteiger charge is 2.18. The van der Waals surface area contributed by atoms with Crippen LogP contribution >= 0.6 is 0 Å². The molecule has 1 aromatic heterocycles. The number of piperidine rings is 1. The molecule has 0 radical (unpaired) electrons. The van der Waals surface area contributed by atoms with Crippen LogP contribution in [0.15, 0.2) is 36.9 Å². The number of hydrogen-bond donors (Lipinski definition) is 2. The molecular formula is C18H26N6O2. The molecule has 8 heteroatoms. The lowest BCUT2D eigenvalue weighted by Gasteiger charge is -2.29. The molecule has 1 saturated heterocycles. The maximum atomic E-state index is 12.1. The van der Waals surface area contributed by atoms with Gasteiger partial charge in [0.15, 0.2) is 0 Å². The third-order valence-electron chi connectivity index (χ3n) is 4.39. The van der Waals surface area contributed by atoms with Gasteiger partial charge in [-0.3, -0.25) is 4.68 Å². The van der Waals surface area contributed by atoms with Gasteiger partial charge < -0.3 is 20.3 Å². The molecule has 0 bridgehead atoms. The Morgan fingerprint density at radius 3 is 2.69 bits per heavy atom. The minimum Gasteiger partial charge on any atom is -0.490 e. The fourth-order valence-electron chi connectivity index (χ4n) is 2.96. The van der Waals surface area contributed by atoms with Gasteiger partial charge in [0, 0.05) is 24.8 Å². The number of carbonyl (C=O) groups is 1. The lowest BCUT2D eigenvalue weighted by atomic mass is 10.1. The fraction of sp³-hybridized carbons (Fsp3) is 0.500. The number of amides is 2. The SMILES string of the molecule is C[C@H](Cn1cncn1)NC(=O)Nc1ccc(OC2CCN(C)CC2)cc1. The number of hydrogen-bond acceptors (Lipinski definition) is 5. The summed E-state index contributed by atoms with van der Waals surface area (Å²) >= 11 is 0. The Morgan fingerprint density at radius 2 is 2.04 bits per heavy atom. The standard InChI is InChI=1S/C18H26N6O2/c1-14(11-24-13-19-12-20-24)21-18(25)22-15-3-5-16(6-4-15)26-17-7-9-23(2)10-8-17/h3-6,12-14,17H,7-11H2,1-2H3,(H2,21,22,25)/t14-/m1/s1. The molecule has 2 heterocycles. The van der Waals surface area contributed by atoms with Gasteiger partial charge >= 0.3 is 6.03 Å². The van der Waals surface area contributed by atoms with Gasteiger partial charge in [0.2, 0.25) is 0 Å². The summed E-state index contributed by atoms with van der Waals surface area (Å²) in [6, 6.07) is 7.18. The Bertz CT molecular complexity index is 680. The lowest BCUT2D eigenvalue weighted by molar-refractivity contribution is 0.114. The molecular weight excluding hydrogens is 332 g/mol. The number of aromatic nitrogens is 3. The first-order chi connectivity index (χ1) is 12.6. The number of anilines is 1. The van der Waals surface area contributed by atoms with Crippen LogP contribution in [0.2, 0.25) is 0 Å². The average Bonchev–Trinajstić information content (AvgIpc) is 3.11. The summed E-state index contributed by atoms with van der Waals surface area (Å²) in [5, 5.41) is 9.73. The van der Waals surface area contributed by atoms with Gasteiger partial charge in [-0.2, -0.15) is 5.10 Å². The first-order valence-corrected chi connectivity index (χ1v) is 8.93. The Balaban J connectivity index is 1.43. The second-order valence-corrected chi connectivity index (χ2v) is 6.76. The maximum absolute atomic E-state index is 12.1. The van der Waals surface area contributed by atoms with Crippen molar-refractivity contribution in [2.24, 2.45) is 0 Å². The van der Waals surface area contributed by atoms with Gasteiger partial charge in [-0.15, -0.1) is 0 Å². The topological polar surface area (TPSA) is 84.3 Å². The predicted octanol–water partition coefficient (Wildman–Crippen LogP) is 1.96. The van der Waals surface area contributed by atoms with Crippen molar-refractivity contribution in [1.29, 1.82) is 0 Å². The number of nitrogens with one attached hydrogen (secondary N) is 2. The van der Waals surface area contributed by atoms with Crippen molar-refractivity contribution in [3.8, 4) is 5.75 Å². The largest absolute Gasteiger partial charge is 0.490 e. The molecule has 26 heavy (non-hydrogen) atoms. The van der Waals surface area contributed by atoms with Gasteiger partial charge in [-0.05, 0) is 51.1 Å². The van der Waals surface area contributed by atoms with Crippen LogP contribution < -0.4 is 15.4 Å². The summed E-state index contributed by atoms with van der Waals surface area (Å²) in [7, 11) is 2.13. The molecule has 1 fully saturated rings. The number of carbonyl (C=O) groups excluding carboxylic acids is 1. The van der Waals surface area contributed by atoms with E-state index in [0.717, 1.165) is 37.4 Å². The normalized spacial score (nSPS) is 16.8. The van der Waals surface area contributed by atoms with Crippen LogP contribution in [0.25, 0.3) is 0 Å². The number of likely N-dealkylation sites (tertiary alicyclic amines) is 1. The van der Waals surface area contributed by atoms with Crippen molar-refractivity contribution in [1.82, 2.24) is 25.0 Å². The van der Waals surface area contributed by atoms with Crippen LogP contribution in [0, 0.1) is 0 Å². The van der Waals surface area contributed by atoms with E-state index in [-0.39, 0.29) is 18.2 Å². The smallest absolute Gasteiger partial charge is 0.319 e. The lowest BCUT2D eigenvalue weighted by Crippen LogP contribution is -2.38. The zero-order valence-corrected chi connectivity index (χ0v) is 15.3. The van der Waals surface area contributed by atoms with Crippen LogP contribution in [0.4, 0.5) is 10.5 Å². The van der Waals surface area contributed by atoms with E-state index in [4.69, 9.17) is 4.74 Å². The molecule has 1 atom stereocenters. The highest BCUT2D eigenvalue weighted by molar-refractivity contribution is 5.89. The first kappa shape index (κ1) is 18.2. The van der Waals surface area contributed by atoms with Crippen molar-refractivity contribution >= 4 is 11.7 Å². The van der Waals surface area contributed by atoms with E-state index < -0.39 is 0 Å². The molecule has 140 valence electrons. The van der Waals surface area contributed by atoms with E-state index in [1.165, 1.54) is 6.33 Å². The number of ether oxygens (including phenoxy) is 1. The molecule has 2 aromatic rings. The zero-order valence-electron chi connectivity index (χ0n) is 15.3. The quantitative estimate of drug-likeness (QED) is 0.825. The third kappa shape index (κ3) is 5.45. The second-order valence-electron chi connectivity index (χ2n) is 6.76. The highest BCUT2D eigenvalue weighted by Crippen LogP contribution is 2.20. The molecule has 1 aliphatic rings. The van der Waals surface area contributed by atoms with Gasteiger partial charge in [0.1, 0.15) is 24.5 Å². The molecule has 2 amide bonds. The summed E-state index contributed by atoms with van der Waals surface area (Å²) < 4.78 is 7.70. The van der Waals surface area contributed by atoms with E-state index in [1.807, 2.05) is 31.2 Å². The highest BCUT2D eigenvalue weighted by atomic mass is 16.5. The number of urea groups is 1. The third-order valence-corrected chi connectivity index (χ3v) is 4.39. The van der Waals surface area contributed by atoms with Crippen molar-refractivity contribution in [2.75, 3.05) is 25.5 Å². The fourth-order valence-corrected chi connectivity index (χ4v) is 2.96. The molecule has 0 saturated carbocycles. The van der Waals surface area contributed by atoms with Crippen LogP contribution in [0.3, 0.4) is 0 Å². The van der Waals surface area contributed by atoms with Gasteiger partial charge in [0.05, 0.1) is 6.54 Å². The molecule has 3 rings (SSSR count). The van der Waals surface area contributed by atoms with Crippen LogP contribution in [-0.4, -0.2) is 58.0 Å². The molecule has 1 aromatic carbocycles. The Hall–Kier alpha value is -2.61. The monoisotopic (exact) mass is 358 g/mol. The minimum absolute atomic E-state index is 0.0660. The molecule has 0 unspecified atom stereocenters. The number of rotatable bonds is 6. The average molecular weight is 358 g/mol. The van der Waals surface area contributed by atoms with E-state index in [1.54, 1.807) is 11.0 Å². The zero-order chi connectivity index (χ0) is 18.4. The summed E-state index contributed by atoms with van der Waals surface area (Å²) in [5.41, 5.74) is 0.728. The van der Waals surface area contributed by atoms with Crippen molar-refractivity contribution in [3.05, 3.63) is 36.9 Å². The molecule has 8 nitrogen and oxygen atoms in total. The van der Waals surface area contributed by atoms with Crippen LogP contribution in [-0.2, 0) is 6.54 Å². The predicted molar refractivity (Wildman–Crippen MR) is 99.2 cm³/mol. The first-order valence-electron chi connectivity index (χ1n) is 8.93. The van der Waals surface area contributed by atoms with Crippen LogP contribution in [0.5, 0.6) is 5.75 Å².